The third kappa shape index (κ3) is 8.58. The van der Waals surface area contributed by atoms with Crippen molar-refractivity contribution in [2.75, 3.05) is 6.61 Å². The molecule has 0 rings (SSSR count). The Kier molecular flexibility index (Phi) is 7.90. The first-order valence-corrected chi connectivity index (χ1v) is 5.82. The summed E-state index contributed by atoms with van der Waals surface area (Å²) in [5.74, 6) is -2.97. The van der Waals surface area contributed by atoms with Crippen LogP contribution in [-0.2, 0) is 23.9 Å². The second kappa shape index (κ2) is 8.90. The van der Waals surface area contributed by atoms with Crippen molar-refractivity contribution in [2.45, 2.75) is 38.6 Å². The van der Waals surface area contributed by atoms with E-state index in [-0.39, 0.29) is 32.3 Å². The largest absolute Gasteiger partial charge is 0.481 e. The summed E-state index contributed by atoms with van der Waals surface area (Å²) in [6.07, 6.45) is -0.624. The first kappa shape index (κ1) is 16.9. The number of carboxylic acids is 1. The van der Waals surface area contributed by atoms with Gasteiger partial charge in [0.05, 0.1) is 13.0 Å². The van der Waals surface area contributed by atoms with E-state index in [1.165, 1.54) is 0 Å². The zero-order chi connectivity index (χ0) is 14.8. The van der Waals surface area contributed by atoms with Crippen molar-refractivity contribution >= 4 is 23.8 Å². The summed E-state index contributed by atoms with van der Waals surface area (Å²) in [5, 5.41) is 10.8. The average Bonchev–Trinajstić information content (AvgIpc) is 2.31. The number of primary amides is 1. The number of amides is 2. The maximum atomic E-state index is 11.4. The van der Waals surface area contributed by atoms with E-state index in [0.717, 1.165) is 0 Å². The minimum Gasteiger partial charge on any atom is -0.481 e. The molecular weight excluding hydrogens is 256 g/mol. The van der Waals surface area contributed by atoms with Crippen molar-refractivity contribution in [1.29, 1.82) is 0 Å². The number of rotatable bonds is 9. The number of carboxylic acid groups (broad SMARTS) is 1. The SMILES string of the molecule is CCOC(=O)CCC(=O)N[C@H](CCC(=O)O)C(N)=O. The first-order valence-electron chi connectivity index (χ1n) is 5.82. The van der Waals surface area contributed by atoms with Crippen LogP contribution in [0.5, 0.6) is 0 Å². The third-order valence-electron chi connectivity index (χ3n) is 2.19. The van der Waals surface area contributed by atoms with Gasteiger partial charge in [0, 0.05) is 12.8 Å². The van der Waals surface area contributed by atoms with E-state index < -0.39 is 29.8 Å². The summed E-state index contributed by atoms with van der Waals surface area (Å²) in [7, 11) is 0. The van der Waals surface area contributed by atoms with Gasteiger partial charge in [-0.1, -0.05) is 0 Å². The molecule has 8 heteroatoms. The molecule has 0 spiro atoms. The second-order valence-electron chi connectivity index (χ2n) is 3.76. The fourth-order valence-corrected chi connectivity index (χ4v) is 1.27. The summed E-state index contributed by atoms with van der Waals surface area (Å²) in [5.41, 5.74) is 5.04. The van der Waals surface area contributed by atoms with Gasteiger partial charge in [0.1, 0.15) is 6.04 Å². The van der Waals surface area contributed by atoms with Gasteiger partial charge in [0.15, 0.2) is 0 Å². The van der Waals surface area contributed by atoms with E-state index in [1.54, 1.807) is 6.92 Å². The number of carbonyl (C=O) groups is 4. The summed E-state index contributed by atoms with van der Waals surface area (Å²) in [6.45, 7) is 1.87. The van der Waals surface area contributed by atoms with Crippen LogP contribution in [0.1, 0.15) is 32.6 Å². The lowest BCUT2D eigenvalue weighted by molar-refractivity contribution is -0.144. The Balaban J connectivity index is 4.13. The number of esters is 1. The minimum atomic E-state index is -1.09. The van der Waals surface area contributed by atoms with Crippen LogP contribution in [0.3, 0.4) is 0 Å². The van der Waals surface area contributed by atoms with Gasteiger partial charge >= 0.3 is 11.9 Å². The van der Waals surface area contributed by atoms with Gasteiger partial charge in [-0.15, -0.1) is 0 Å². The van der Waals surface area contributed by atoms with E-state index in [9.17, 15) is 19.2 Å². The van der Waals surface area contributed by atoms with Gasteiger partial charge in [-0.2, -0.15) is 0 Å². The number of ether oxygens (including phenoxy) is 1. The van der Waals surface area contributed by atoms with Gasteiger partial charge in [0.25, 0.3) is 0 Å². The van der Waals surface area contributed by atoms with Crippen molar-refractivity contribution in [3.05, 3.63) is 0 Å². The molecule has 4 N–H and O–H groups in total. The van der Waals surface area contributed by atoms with Crippen LogP contribution in [0, 0.1) is 0 Å². The highest BCUT2D eigenvalue weighted by atomic mass is 16.5. The molecule has 0 aromatic rings. The summed E-state index contributed by atoms with van der Waals surface area (Å²) < 4.78 is 4.64. The summed E-state index contributed by atoms with van der Waals surface area (Å²) >= 11 is 0. The fourth-order valence-electron chi connectivity index (χ4n) is 1.27. The Morgan fingerprint density at radius 3 is 2.32 bits per heavy atom. The van der Waals surface area contributed by atoms with E-state index >= 15 is 0 Å². The summed E-state index contributed by atoms with van der Waals surface area (Å²) in [4.78, 5) is 43.8. The molecule has 0 radical (unpaired) electrons. The van der Waals surface area contributed by atoms with E-state index in [1.807, 2.05) is 0 Å². The lowest BCUT2D eigenvalue weighted by Crippen LogP contribution is -2.44. The molecule has 0 unspecified atom stereocenters. The highest BCUT2D eigenvalue weighted by molar-refractivity contribution is 5.88. The lowest BCUT2D eigenvalue weighted by Gasteiger charge is -2.14. The number of aliphatic carboxylic acids is 1. The number of carbonyl (C=O) groups excluding carboxylic acids is 3. The monoisotopic (exact) mass is 274 g/mol. The van der Waals surface area contributed by atoms with Crippen LogP contribution in [0.15, 0.2) is 0 Å². The third-order valence-corrected chi connectivity index (χ3v) is 2.19. The molecule has 19 heavy (non-hydrogen) atoms. The molecule has 8 nitrogen and oxygen atoms in total. The molecule has 108 valence electrons. The maximum Gasteiger partial charge on any atom is 0.306 e. The smallest absolute Gasteiger partial charge is 0.306 e. The van der Waals surface area contributed by atoms with Crippen molar-refractivity contribution < 1.29 is 29.0 Å². The molecule has 0 fully saturated rings. The molecule has 0 aliphatic carbocycles. The van der Waals surface area contributed by atoms with Gasteiger partial charge in [0.2, 0.25) is 11.8 Å². The zero-order valence-corrected chi connectivity index (χ0v) is 10.7. The topological polar surface area (TPSA) is 136 Å². The minimum absolute atomic E-state index is 0.0875. The molecule has 0 saturated carbocycles. The molecule has 0 heterocycles. The number of nitrogens with two attached hydrogens (primary N) is 1. The van der Waals surface area contributed by atoms with Crippen LogP contribution in [0.4, 0.5) is 0 Å². The Hall–Kier alpha value is -2.12. The Bertz CT molecular complexity index is 355. The lowest BCUT2D eigenvalue weighted by atomic mass is 10.1. The predicted molar refractivity (Wildman–Crippen MR) is 63.9 cm³/mol. The molecule has 0 aromatic heterocycles. The molecule has 0 saturated heterocycles. The highest BCUT2D eigenvalue weighted by Gasteiger charge is 2.19. The molecule has 1 atom stereocenters. The summed E-state index contributed by atoms with van der Waals surface area (Å²) in [6, 6.07) is -1.05. The van der Waals surface area contributed by atoms with Crippen LogP contribution in [0.25, 0.3) is 0 Å². The normalized spacial score (nSPS) is 11.4. The number of hydrogen-bond acceptors (Lipinski definition) is 5. The molecule has 0 aliphatic heterocycles. The number of hydrogen-bond donors (Lipinski definition) is 3. The molecular formula is C11H18N2O6. The van der Waals surface area contributed by atoms with Crippen molar-refractivity contribution in [3.63, 3.8) is 0 Å². The molecule has 0 bridgehead atoms. The van der Waals surface area contributed by atoms with E-state index in [4.69, 9.17) is 10.8 Å². The molecule has 0 aromatic carbocycles. The Labute approximate surface area is 110 Å². The Morgan fingerprint density at radius 2 is 1.84 bits per heavy atom. The van der Waals surface area contributed by atoms with Crippen LogP contribution in [0.2, 0.25) is 0 Å². The van der Waals surface area contributed by atoms with Gasteiger partial charge in [-0.25, -0.2) is 0 Å². The highest BCUT2D eigenvalue weighted by Crippen LogP contribution is 1.99. The standard InChI is InChI=1S/C11H18N2O6/c1-2-19-10(17)6-4-8(14)13-7(11(12)18)3-5-9(15)16/h7H,2-6H2,1H3,(H2,12,18)(H,13,14)(H,15,16)/t7-/m1/s1. The molecule has 2 amide bonds. The zero-order valence-electron chi connectivity index (χ0n) is 10.7. The fraction of sp³-hybridized carbons (Fsp3) is 0.636. The first-order chi connectivity index (χ1) is 8.86. The molecule has 0 aliphatic rings. The van der Waals surface area contributed by atoms with Crippen molar-refractivity contribution in [2.24, 2.45) is 5.73 Å². The van der Waals surface area contributed by atoms with Crippen LogP contribution in [-0.4, -0.2) is 41.5 Å². The average molecular weight is 274 g/mol. The van der Waals surface area contributed by atoms with Gasteiger partial charge in [-0.05, 0) is 13.3 Å². The number of nitrogens with one attached hydrogen (secondary N) is 1. The quantitative estimate of drug-likeness (QED) is 0.469. The van der Waals surface area contributed by atoms with E-state index in [0.29, 0.717) is 0 Å². The van der Waals surface area contributed by atoms with Crippen molar-refractivity contribution in [3.8, 4) is 0 Å². The van der Waals surface area contributed by atoms with Crippen molar-refractivity contribution in [1.82, 2.24) is 5.32 Å². The maximum absolute atomic E-state index is 11.4. The predicted octanol–water partition coefficient (Wildman–Crippen LogP) is -0.835. The van der Waals surface area contributed by atoms with Crippen LogP contribution >= 0.6 is 0 Å². The Morgan fingerprint density at radius 1 is 1.21 bits per heavy atom. The second-order valence-corrected chi connectivity index (χ2v) is 3.76. The van der Waals surface area contributed by atoms with Gasteiger partial charge < -0.3 is 20.9 Å². The van der Waals surface area contributed by atoms with E-state index in [2.05, 4.69) is 10.1 Å². The van der Waals surface area contributed by atoms with Gasteiger partial charge in [-0.3, -0.25) is 19.2 Å². The van der Waals surface area contributed by atoms with Crippen LogP contribution < -0.4 is 11.1 Å².